The fourth-order valence-electron chi connectivity index (χ4n) is 2.34. The van der Waals surface area contributed by atoms with E-state index in [0.717, 1.165) is 6.08 Å². The van der Waals surface area contributed by atoms with Crippen molar-refractivity contribution >= 4 is 49.0 Å². The third kappa shape index (κ3) is 4.28. The van der Waals surface area contributed by atoms with E-state index < -0.39 is 23.9 Å². The molecule has 0 fully saturated rings. The molecule has 0 atom stereocenters. The number of nitrogens with zero attached hydrogens (tertiary/aromatic N) is 1. The molecule has 3 rings (SSSR count). The van der Waals surface area contributed by atoms with Crippen molar-refractivity contribution < 1.29 is 16.8 Å². The number of hydrogen-bond donors (Lipinski definition) is 0. The molecule has 0 N–H and O–H groups in total. The van der Waals surface area contributed by atoms with Crippen LogP contribution in [-0.4, -0.2) is 21.8 Å². The lowest BCUT2D eigenvalue weighted by molar-refractivity contribution is 0.595. The Morgan fingerprint density at radius 3 is 1.57 bits per heavy atom. The summed E-state index contributed by atoms with van der Waals surface area (Å²) >= 11 is 11.6. The van der Waals surface area contributed by atoms with E-state index in [1.807, 2.05) is 0 Å². The summed E-state index contributed by atoms with van der Waals surface area (Å²) in [5.41, 5.74) is 0.188. The number of rotatable bonds is 5. The summed E-state index contributed by atoms with van der Waals surface area (Å²) in [6.45, 7) is 0. The zero-order chi connectivity index (χ0) is 20.4. The van der Waals surface area contributed by atoms with Crippen molar-refractivity contribution in [3.8, 4) is 0 Å². The summed E-state index contributed by atoms with van der Waals surface area (Å²) in [7, 11) is -8.78. The van der Waals surface area contributed by atoms with Crippen molar-refractivity contribution in [2.45, 2.75) is 9.79 Å². The Hall–Kier alpha value is -2.19. The molecule has 28 heavy (non-hydrogen) atoms. The van der Waals surface area contributed by atoms with Gasteiger partial charge in [0.1, 0.15) is 0 Å². The molecule has 0 radical (unpaired) electrons. The molecule has 1 heterocycles. The minimum absolute atomic E-state index is 0.188. The molecule has 5 nitrogen and oxygen atoms in total. The lowest BCUT2D eigenvalue weighted by Gasteiger charge is -2.11. The first-order valence-electron chi connectivity index (χ1n) is 7.85. The Morgan fingerprint density at radius 2 is 1.18 bits per heavy atom. The van der Waals surface area contributed by atoms with Gasteiger partial charge in [-0.1, -0.05) is 29.3 Å². The Labute approximate surface area is 173 Å². The Kier molecular flexibility index (Phi) is 5.90. The lowest BCUT2D eigenvalue weighted by Crippen LogP contribution is -2.15. The molecule has 0 spiro atoms. The van der Waals surface area contributed by atoms with Crippen LogP contribution in [0.25, 0.3) is 6.08 Å². The van der Waals surface area contributed by atoms with Crippen molar-refractivity contribution in [2.24, 2.45) is 0 Å². The number of benzene rings is 2. The van der Waals surface area contributed by atoms with Gasteiger partial charge in [-0.25, -0.2) is 16.8 Å². The Balaban J connectivity index is 2.25. The summed E-state index contributed by atoms with van der Waals surface area (Å²) in [5, 5.41) is 0.657. The Morgan fingerprint density at radius 1 is 0.714 bits per heavy atom. The van der Waals surface area contributed by atoms with Crippen LogP contribution in [0.15, 0.2) is 87.0 Å². The monoisotopic (exact) mass is 453 g/mol. The van der Waals surface area contributed by atoms with Gasteiger partial charge in [0, 0.05) is 16.2 Å². The maximum absolute atomic E-state index is 13.2. The number of pyridine rings is 1. The summed E-state index contributed by atoms with van der Waals surface area (Å²) in [4.78, 5) is 3.62. The van der Waals surface area contributed by atoms with Crippen LogP contribution in [-0.2, 0) is 19.7 Å². The van der Waals surface area contributed by atoms with E-state index in [1.54, 1.807) is 12.1 Å². The summed E-state index contributed by atoms with van der Waals surface area (Å²) in [6.07, 6.45) is 2.47. The van der Waals surface area contributed by atoms with Gasteiger partial charge in [0.05, 0.1) is 15.5 Å². The van der Waals surface area contributed by atoms with Crippen LogP contribution < -0.4 is 0 Å². The highest BCUT2D eigenvalue weighted by Gasteiger charge is 2.33. The van der Waals surface area contributed by atoms with Gasteiger partial charge in [-0.15, -0.1) is 0 Å². The summed E-state index contributed by atoms with van der Waals surface area (Å²) < 4.78 is 52.0. The zero-order valence-corrected chi connectivity index (χ0v) is 17.3. The van der Waals surface area contributed by atoms with Gasteiger partial charge in [-0.2, -0.15) is 0 Å². The van der Waals surface area contributed by atoms with E-state index >= 15 is 0 Å². The molecule has 0 aliphatic carbocycles. The molecule has 2 aromatic carbocycles. The minimum atomic E-state index is -4.39. The average molecular weight is 454 g/mol. The first kappa shape index (κ1) is 20.5. The molecule has 0 bridgehead atoms. The van der Waals surface area contributed by atoms with E-state index in [4.69, 9.17) is 23.2 Å². The van der Waals surface area contributed by atoms with Gasteiger partial charge in [0.15, 0.2) is 4.24 Å². The van der Waals surface area contributed by atoms with E-state index in [-0.39, 0.29) is 15.5 Å². The first-order chi connectivity index (χ1) is 13.2. The molecule has 0 amide bonds. The van der Waals surface area contributed by atoms with E-state index in [9.17, 15) is 16.8 Å². The van der Waals surface area contributed by atoms with Crippen molar-refractivity contribution in [2.75, 3.05) is 0 Å². The van der Waals surface area contributed by atoms with Gasteiger partial charge < -0.3 is 0 Å². The number of aromatic nitrogens is 1. The van der Waals surface area contributed by atoms with E-state index in [1.165, 1.54) is 60.8 Å². The highest BCUT2D eigenvalue weighted by atomic mass is 35.5. The molecule has 144 valence electrons. The maximum atomic E-state index is 13.2. The number of sulfone groups is 2. The van der Waals surface area contributed by atoms with Crippen LogP contribution in [0.3, 0.4) is 0 Å². The summed E-state index contributed by atoms with van der Waals surface area (Å²) in [5.74, 6) is 0. The van der Waals surface area contributed by atoms with Crippen molar-refractivity contribution in [3.05, 3.63) is 92.9 Å². The molecule has 1 aromatic heterocycles. The molecule has 0 saturated carbocycles. The van der Waals surface area contributed by atoms with Crippen LogP contribution in [0.1, 0.15) is 5.69 Å². The fraction of sp³-hybridized carbons (Fsp3) is 0. The fourth-order valence-corrected chi connectivity index (χ4v) is 6.33. The zero-order valence-electron chi connectivity index (χ0n) is 14.2. The lowest BCUT2D eigenvalue weighted by atomic mass is 10.3. The van der Waals surface area contributed by atoms with Crippen molar-refractivity contribution in [1.29, 1.82) is 0 Å². The molecular formula is C19H13Cl2NO4S2. The standard InChI is InChI=1S/C19H13Cl2NO4S2/c20-14-4-8-17(9-5-14)27(23,24)19(13-16-3-1-2-12-22-16)28(25,26)18-10-6-15(21)7-11-18/h1-13H. The molecule has 0 saturated heterocycles. The molecular weight excluding hydrogens is 441 g/mol. The largest absolute Gasteiger partial charge is 0.257 e. The van der Waals surface area contributed by atoms with E-state index in [2.05, 4.69) is 4.98 Å². The predicted octanol–water partition coefficient (Wildman–Crippen LogP) is 4.63. The maximum Gasteiger partial charge on any atom is 0.217 e. The number of halogens is 2. The smallest absolute Gasteiger partial charge is 0.217 e. The minimum Gasteiger partial charge on any atom is -0.257 e. The third-order valence-corrected chi connectivity index (χ3v) is 8.63. The van der Waals surface area contributed by atoms with Crippen LogP contribution >= 0.6 is 23.2 Å². The van der Waals surface area contributed by atoms with Crippen molar-refractivity contribution in [1.82, 2.24) is 4.98 Å². The van der Waals surface area contributed by atoms with Gasteiger partial charge in [-0.05, 0) is 66.7 Å². The predicted molar refractivity (Wildman–Crippen MR) is 109 cm³/mol. The SMILES string of the molecule is O=S(=O)(C(=Cc1ccccn1)S(=O)(=O)c1ccc(Cl)cc1)c1ccc(Cl)cc1. The summed E-state index contributed by atoms with van der Waals surface area (Å²) in [6, 6.07) is 15.3. The normalized spacial score (nSPS) is 11.8. The molecule has 3 aromatic rings. The van der Waals surface area contributed by atoms with Crippen LogP contribution in [0, 0.1) is 0 Å². The van der Waals surface area contributed by atoms with Gasteiger partial charge in [0.2, 0.25) is 19.7 Å². The Bertz CT molecular complexity index is 1140. The van der Waals surface area contributed by atoms with Gasteiger partial charge in [0.25, 0.3) is 0 Å². The topological polar surface area (TPSA) is 81.2 Å². The highest BCUT2D eigenvalue weighted by molar-refractivity contribution is 8.14. The van der Waals surface area contributed by atoms with Crippen LogP contribution in [0.4, 0.5) is 0 Å². The molecule has 0 unspecified atom stereocenters. The van der Waals surface area contributed by atoms with Crippen LogP contribution in [0.5, 0.6) is 0 Å². The van der Waals surface area contributed by atoms with Gasteiger partial charge in [-0.3, -0.25) is 4.98 Å². The average Bonchev–Trinajstić information content (AvgIpc) is 2.67. The van der Waals surface area contributed by atoms with E-state index in [0.29, 0.717) is 10.0 Å². The second-order valence-electron chi connectivity index (χ2n) is 5.63. The highest BCUT2D eigenvalue weighted by Crippen LogP contribution is 2.31. The van der Waals surface area contributed by atoms with Gasteiger partial charge >= 0.3 is 0 Å². The third-order valence-electron chi connectivity index (χ3n) is 3.73. The second-order valence-corrected chi connectivity index (χ2v) is 10.6. The second kappa shape index (κ2) is 8.05. The molecule has 0 aliphatic heterocycles. The molecule has 0 aliphatic rings. The van der Waals surface area contributed by atoms with Crippen molar-refractivity contribution in [3.63, 3.8) is 0 Å². The van der Waals surface area contributed by atoms with Crippen LogP contribution in [0.2, 0.25) is 10.0 Å². The molecule has 9 heteroatoms. The first-order valence-corrected chi connectivity index (χ1v) is 11.6. The number of hydrogen-bond acceptors (Lipinski definition) is 5. The quantitative estimate of drug-likeness (QED) is 0.561.